The Hall–Kier alpha value is -0.660. The Kier molecular flexibility index (Phi) is 5.55. The molecule has 0 heterocycles. The molecule has 0 saturated heterocycles. The van der Waals surface area contributed by atoms with E-state index in [9.17, 15) is 13.2 Å². The van der Waals surface area contributed by atoms with Crippen LogP contribution >= 0.6 is 27.5 Å². The molecular formula is C10H9BrClF3O3. The molecule has 1 aromatic rings. The number of halogens is 5. The minimum atomic E-state index is -4.75. The monoisotopic (exact) mass is 348 g/mol. The van der Waals surface area contributed by atoms with Crippen molar-refractivity contribution in [1.29, 1.82) is 0 Å². The first-order valence-corrected chi connectivity index (χ1v) is 6.06. The lowest BCUT2D eigenvalue weighted by Gasteiger charge is -2.13. The lowest BCUT2D eigenvalue weighted by atomic mass is 10.3. The molecule has 0 radical (unpaired) electrons. The Labute approximate surface area is 115 Å². The normalized spacial score (nSPS) is 13.2. The smallest absolute Gasteiger partial charge is 0.491 e. The molecular weight excluding hydrogens is 340 g/mol. The van der Waals surface area contributed by atoms with E-state index in [1.807, 2.05) is 0 Å². The van der Waals surface area contributed by atoms with Crippen LogP contribution in [0.5, 0.6) is 11.5 Å². The van der Waals surface area contributed by atoms with Crippen LogP contribution in [0.15, 0.2) is 22.7 Å². The maximum absolute atomic E-state index is 12.0. The molecule has 0 aliphatic carbocycles. The van der Waals surface area contributed by atoms with Gasteiger partial charge >= 0.3 is 6.36 Å². The topological polar surface area (TPSA) is 38.7 Å². The lowest BCUT2D eigenvalue weighted by Crippen LogP contribution is -2.19. The van der Waals surface area contributed by atoms with Crippen molar-refractivity contribution < 1.29 is 27.8 Å². The Bertz CT molecular complexity index is 400. The molecule has 0 amide bonds. The Morgan fingerprint density at radius 3 is 2.56 bits per heavy atom. The third-order valence-corrected chi connectivity index (χ3v) is 2.73. The van der Waals surface area contributed by atoms with Crippen molar-refractivity contribution >= 4 is 27.5 Å². The van der Waals surface area contributed by atoms with Crippen molar-refractivity contribution in [2.45, 2.75) is 12.5 Å². The fraction of sp³-hybridized carbons (Fsp3) is 0.400. The highest BCUT2D eigenvalue weighted by atomic mass is 79.9. The van der Waals surface area contributed by atoms with Gasteiger partial charge < -0.3 is 14.6 Å². The van der Waals surface area contributed by atoms with Crippen LogP contribution in [0.2, 0.25) is 0 Å². The minimum absolute atomic E-state index is 0.0104. The fourth-order valence-electron chi connectivity index (χ4n) is 1.02. The summed E-state index contributed by atoms with van der Waals surface area (Å²) in [5.74, 6) is -0.0653. The molecule has 1 unspecified atom stereocenters. The number of benzene rings is 1. The highest BCUT2D eigenvalue weighted by molar-refractivity contribution is 9.10. The minimum Gasteiger partial charge on any atom is -0.491 e. The van der Waals surface area contributed by atoms with Crippen LogP contribution in [0.25, 0.3) is 0 Å². The number of aliphatic hydroxyl groups is 1. The second-order valence-electron chi connectivity index (χ2n) is 3.26. The van der Waals surface area contributed by atoms with E-state index in [1.165, 1.54) is 12.1 Å². The van der Waals surface area contributed by atoms with Crippen LogP contribution in [0.4, 0.5) is 13.2 Å². The number of ether oxygens (including phenoxy) is 2. The van der Waals surface area contributed by atoms with Crippen LogP contribution in [0, 0.1) is 0 Å². The Balaban J connectivity index is 2.67. The number of hydrogen-bond donors (Lipinski definition) is 1. The summed E-state index contributed by atoms with van der Waals surface area (Å²) in [6, 6.07) is 3.72. The van der Waals surface area contributed by atoms with E-state index in [0.29, 0.717) is 5.75 Å². The van der Waals surface area contributed by atoms with Crippen molar-refractivity contribution in [3.63, 3.8) is 0 Å². The standard InChI is InChI=1S/C10H9BrClF3O3/c11-8-3-7(17-5-6(16)4-12)1-2-9(8)18-10(13,14)15/h1-3,6,16H,4-5H2. The molecule has 1 N–H and O–H groups in total. The van der Waals surface area contributed by atoms with Crippen molar-refractivity contribution in [2.24, 2.45) is 0 Å². The predicted molar refractivity (Wildman–Crippen MR) is 63.0 cm³/mol. The summed E-state index contributed by atoms with van der Waals surface area (Å²) in [6.45, 7) is -0.0462. The van der Waals surface area contributed by atoms with Gasteiger partial charge in [0.25, 0.3) is 0 Å². The molecule has 102 valence electrons. The van der Waals surface area contributed by atoms with Gasteiger partial charge in [-0.15, -0.1) is 24.8 Å². The van der Waals surface area contributed by atoms with Crippen molar-refractivity contribution in [1.82, 2.24) is 0 Å². The van der Waals surface area contributed by atoms with E-state index in [2.05, 4.69) is 20.7 Å². The third-order valence-electron chi connectivity index (χ3n) is 1.75. The van der Waals surface area contributed by atoms with E-state index in [4.69, 9.17) is 21.4 Å². The SMILES string of the molecule is OC(CCl)COc1ccc(OC(F)(F)F)c(Br)c1. The first kappa shape index (κ1) is 15.4. The summed E-state index contributed by atoms with van der Waals surface area (Å²) >= 11 is 8.29. The average molecular weight is 350 g/mol. The molecule has 18 heavy (non-hydrogen) atoms. The largest absolute Gasteiger partial charge is 0.573 e. The van der Waals surface area contributed by atoms with Crippen LogP contribution in [0.1, 0.15) is 0 Å². The summed E-state index contributed by atoms with van der Waals surface area (Å²) in [5.41, 5.74) is 0. The second-order valence-corrected chi connectivity index (χ2v) is 4.42. The van der Waals surface area contributed by atoms with Gasteiger partial charge in [-0.1, -0.05) is 0 Å². The Morgan fingerprint density at radius 2 is 2.06 bits per heavy atom. The second kappa shape index (κ2) is 6.49. The van der Waals surface area contributed by atoms with Crippen LogP contribution in [-0.4, -0.2) is 30.1 Å². The van der Waals surface area contributed by atoms with Gasteiger partial charge in [-0.3, -0.25) is 0 Å². The highest BCUT2D eigenvalue weighted by Gasteiger charge is 2.31. The van der Waals surface area contributed by atoms with Gasteiger partial charge in [0.2, 0.25) is 0 Å². The molecule has 0 spiro atoms. The van der Waals surface area contributed by atoms with E-state index >= 15 is 0 Å². The zero-order valence-electron chi connectivity index (χ0n) is 8.88. The first-order chi connectivity index (χ1) is 8.31. The number of aliphatic hydroxyl groups excluding tert-OH is 1. The molecule has 8 heteroatoms. The quantitative estimate of drug-likeness (QED) is 0.829. The van der Waals surface area contributed by atoms with Gasteiger partial charge in [-0.2, -0.15) is 0 Å². The summed E-state index contributed by atoms with van der Waals surface area (Å²) in [4.78, 5) is 0. The van der Waals surface area contributed by atoms with Crippen molar-refractivity contribution in [3.8, 4) is 11.5 Å². The molecule has 0 aromatic heterocycles. The van der Waals surface area contributed by atoms with Crippen LogP contribution < -0.4 is 9.47 Å². The summed E-state index contributed by atoms with van der Waals surface area (Å²) in [7, 11) is 0. The third kappa shape index (κ3) is 5.32. The summed E-state index contributed by atoms with van der Waals surface area (Å²) in [6.07, 6.45) is -5.59. The van der Waals surface area contributed by atoms with E-state index < -0.39 is 12.5 Å². The summed E-state index contributed by atoms with van der Waals surface area (Å²) in [5, 5.41) is 9.15. The van der Waals surface area contributed by atoms with Crippen LogP contribution in [-0.2, 0) is 0 Å². The predicted octanol–water partition coefficient (Wildman–Crippen LogP) is 3.33. The van der Waals surface area contributed by atoms with Gasteiger partial charge in [0, 0.05) is 0 Å². The van der Waals surface area contributed by atoms with Gasteiger partial charge in [-0.05, 0) is 34.1 Å². The number of hydrogen-bond acceptors (Lipinski definition) is 3. The van der Waals surface area contributed by atoms with E-state index in [1.54, 1.807) is 0 Å². The van der Waals surface area contributed by atoms with Gasteiger partial charge in [0.05, 0.1) is 10.4 Å². The zero-order valence-corrected chi connectivity index (χ0v) is 11.2. The van der Waals surface area contributed by atoms with E-state index in [-0.39, 0.29) is 22.7 Å². The molecule has 3 nitrogen and oxygen atoms in total. The molecule has 0 bridgehead atoms. The van der Waals surface area contributed by atoms with Gasteiger partial charge in [-0.25, -0.2) is 0 Å². The first-order valence-electron chi connectivity index (χ1n) is 4.74. The Morgan fingerprint density at radius 1 is 1.39 bits per heavy atom. The molecule has 1 aromatic carbocycles. The van der Waals surface area contributed by atoms with E-state index in [0.717, 1.165) is 6.07 Å². The lowest BCUT2D eigenvalue weighted by molar-refractivity contribution is -0.274. The molecule has 0 fully saturated rings. The molecule has 0 aliphatic rings. The maximum atomic E-state index is 12.0. The van der Waals surface area contributed by atoms with Crippen molar-refractivity contribution in [3.05, 3.63) is 22.7 Å². The summed E-state index contributed by atoms with van der Waals surface area (Å²) < 4.78 is 45.0. The van der Waals surface area contributed by atoms with Gasteiger partial charge in [0.15, 0.2) is 0 Å². The zero-order chi connectivity index (χ0) is 13.8. The average Bonchev–Trinajstić information content (AvgIpc) is 2.27. The van der Waals surface area contributed by atoms with Crippen LogP contribution in [0.3, 0.4) is 0 Å². The number of alkyl halides is 4. The van der Waals surface area contributed by atoms with Crippen molar-refractivity contribution in [2.75, 3.05) is 12.5 Å². The molecule has 0 saturated carbocycles. The maximum Gasteiger partial charge on any atom is 0.573 e. The molecule has 1 rings (SSSR count). The fourth-order valence-corrected chi connectivity index (χ4v) is 1.54. The molecule has 1 atom stereocenters. The number of rotatable bonds is 5. The van der Waals surface area contributed by atoms with Gasteiger partial charge in [0.1, 0.15) is 24.2 Å². The molecule has 0 aliphatic heterocycles. The highest BCUT2D eigenvalue weighted by Crippen LogP contribution is 2.33.